The molecule has 1 aliphatic heterocycles. The molecule has 2 aromatic rings. The molecule has 1 aliphatic rings. The van der Waals surface area contributed by atoms with Crippen LogP contribution in [0.4, 0.5) is 11.5 Å². The molecule has 0 aliphatic carbocycles. The molecule has 1 N–H and O–H groups in total. The van der Waals surface area contributed by atoms with Crippen molar-refractivity contribution in [1.29, 1.82) is 0 Å². The summed E-state index contributed by atoms with van der Waals surface area (Å²) >= 11 is 0. The van der Waals surface area contributed by atoms with E-state index in [-0.39, 0.29) is 0 Å². The lowest BCUT2D eigenvalue weighted by molar-refractivity contribution is 1.11. The first-order valence-corrected chi connectivity index (χ1v) is 6.24. The van der Waals surface area contributed by atoms with Crippen molar-refractivity contribution in [3.63, 3.8) is 0 Å². The maximum Gasteiger partial charge on any atom is 0.129 e. The minimum Gasteiger partial charge on any atom is -0.378 e. The van der Waals surface area contributed by atoms with Crippen molar-refractivity contribution in [2.24, 2.45) is 0 Å². The summed E-state index contributed by atoms with van der Waals surface area (Å²) in [6.07, 6.45) is 3.02. The van der Waals surface area contributed by atoms with Crippen LogP contribution in [0.25, 0.3) is 11.1 Å². The van der Waals surface area contributed by atoms with Gasteiger partial charge in [0.25, 0.3) is 0 Å². The fourth-order valence-electron chi connectivity index (χ4n) is 2.29. The van der Waals surface area contributed by atoms with E-state index < -0.39 is 0 Å². The zero-order valence-electron chi connectivity index (χ0n) is 10.8. The third-order valence-electron chi connectivity index (χ3n) is 3.37. The van der Waals surface area contributed by atoms with Crippen molar-refractivity contribution < 1.29 is 0 Å². The lowest BCUT2D eigenvalue weighted by Gasteiger charge is -2.12. The molecule has 0 atom stereocenters. The highest BCUT2D eigenvalue weighted by Gasteiger charge is 2.12. The summed E-state index contributed by atoms with van der Waals surface area (Å²) in [4.78, 5) is 6.58. The van der Waals surface area contributed by atoms with E-state index in [1.165, 1.54) is 22.4 Å². The van der Waals surface area contributed by atoms with Crippen LogP contribution in [-0.4, -0.2) is 25.6 Å². The van der Waals surface area contributed by atoms with E-state index in [2.05, 4.69) is 59.6 Å². The second kappa shape index (κ2) is 4.33. The van der Waals surface area contributed by atoms with E-state index in [1.807, 2.05) is 6.20 Å². The van der Waals surface area contributed by atoms with Crippen LogP contribution in [0.2, 0.25) is 0 Å². The Bertz CT molecular complexity index is 558. The van der Waals surface area contributed by atoms with Crippen molar-refractivity contribution in [1.82, 2.24) is 4.98 Å². The van der Waals surface area contributed by atoms with Crippen molar-refractivity contribution in [3.05, 3.63) is 42.1 Å². The lowest BCUT2D eigenvalue weighted by Crippen LogP contribution is -2.07. The van der Waals surface area contributed by atoms with E-state index in [9.17, 15) is 0 Å². The highest BCUT2D eigenvalue weighted by molar-refractivity contribution is 5.68. The van der Waals surface area contributed by atoms with Crippen LogP contribution in [0.3, 0.4) is 0 Å². The van der Waals surface area contributed by atoms with Gasteiger partial charge < -0.3 is 10.2 Å². The maximum atomic E-state index is 4.47. The molecule has 2 heterocycles. The Labute approximate surface area is 107 Å². The first kappa shape index (κ1) is 11.1. The highest BCUT2D eigenvalue weighted by Crippen LogP contribution is 2.27. The van der Waals surface area contributed by atoms with Gasteiger partial charge in [0.2, 0.25) is 0 Å². The summed E-state index contributed by atoms with van der Waals surface area (Å²) in [5.41, 5.74) is 4.96. The Morgan fingerprint density at radius 3 is 2.61 bits per heavy atom. The quantitative estimate of drug-likeness (QED) is 0.873. The first-order valence-electron chi connectivity index (χ1n) is 6.24. The zero-order chi connectivity index (χ0) is 12.5. The van der Waals surface area contributed by atoms with Crippen LogP contribution >= 0.6 is 0 Å². The number of aromatic nitrogens is 1. The number of fused-ring (bicyclic) bond motifs is 1. The van der Waals surface area contributed by atoms with Gasteiger partial charge in [-0.1, -0.05) is 12.1 Å². The summed E-state index contributed by atoms with van der Waals surface area (Å²) in [5, 5.41) is 3.29. The number of pyridine rings is 1. The smallest absolute Gasteiger partial charge is 0.129 e. The summed E-state index contributed by atoms with van der Waals surface area (Å²) < 4.78 is 0. The molecule has 0 unspecified atom stereocenters. The molecule has 0 saturated heterocycles. The van der Waals surface area contributed by atoms with Crippen molar-refractivity contribution in [2.75, 3.05) is 30.9 Å². The number of hydrogen-bond donors (Lipinski definition) is 1. The van der Waals surface area contributed by atoms with E-state index >= 15 is 0 Å². The molecule has 0 amide bonds. The van der Waals surface area contributed by atoms with Gasteiger partial charge in [0.15, 0.2) is 0 Å². The van der Waals surface area contributed by atoms with E-state index in [4.69, 9.17) is 0 Å². The monoisotopic (exact) mass is 239 g/mol. The predicted molar refractivity (Wildman–Crippen MR) is 76.2 cm³/mol. The maximum absolute atomic E-state index is 4.47. The summed E-state index contributed by atoms with van der Waals surface area (Å²) in [6.45, 7) is 1.01. The number of nitrogens with one attached hydrogen (secondary N) is 1. The van der Waals surface area contributed by atoms with Gasteiger partial charge in [-0.05, 0) is 35.7 Å². The van der Waals surface area contributed by atoms with Gasteiger partial charge in [0, 0.05) is 38.1 Å². The Morgan fingerprint density at radius 2 is 1.89 bits per heavy atom. The molecule has 3 heteroatoms. The number of benzene rings is 1. The Kier molecular flexibility index (Phi) is 2.67. The lowest BCUT2D eigenvalue weighted by atomic mass is 10.0. The van der Waals surface area contributed by atoms with Crippen LogP contribution in [0.15, 0.2) is 36.5 Å². The number of rotatable bonds is 2. The summed E-state index contributed by atoms with van der Waals surface area (Å²) in [6, 6.07) is 10.8. The minimum absolute atomic E-state index is 1.01. The molecule has 1 aromatic heterocycles. The molecule has 18 heavy (non-hydrogen) atoms. The normalized spacial score (nSPS) is 13.0. The third kappa shape index (κ3) is 1.92. The largest absolute Gasteiger partial charge is 0.378 e. The van der Waals surface area contributed by atoms with Crippen molar-refractivity contribution in [3.8, 4) is 11.1 Å². The molecule has 0 saturated carbocycles. The molecule has 0 fully saturated rings. The van der Waals surface area contributed by atoms with Gasteiger partial charge in [-0.3, -0.25) is 0 Å². The van der Waals surface area contributed by atoms with Crippen LogP contribution in [0, 0.1) is 0 Å². The fraction of sp³-hybridized carbons (Fsp3) is 0.267. The predicted octanol–water partition coefficient (Wildman–Crippen LogP) is 2.78. The Hall–Kier alpha value is -2.03. The second-order valence-electron chi connectivity index (χ2n) is 4.85. The minimum atomic E-state index is 1.01. The topological polar surface area (TPSA) is 28.2 Å². The fourth-order valence-corrected chi connectivity index (χ4v) is 2.29. The molecule has 0 radical (unpaired) electrons. The van der Waals surface area contributed by atoms with Gasteiger partial charge in [-0.15, -0.1) is 0 Å². The Morgan fingerprint density at radius 1 is 1.11 bits per heavy atom. The van der Waals surface area contributed by atoms with Crippen LogP contribution in [0.1, 0.15) is 5.56 Å². The van der Waals surface area contributed by atoms with Crippen LogP contribution < -0.4 is 10.2 Å². The standard InChI is InChI=1S/C15H17N3/c1-18(2)14-5-3-11(4-6-14)13-9-12-7-8-16-15(12)17-10-13/h3-6,9-10H,7-8H2,1-2H3,(H,16,17). The first-order chi connectivity index (χ1) is 8.74. The molecule has 3 nitrogen and oxygen atoms in total. The highest BCUT2D eigenvalue weighted by atomic mass is 15.1. The van der Waals surface area contributed by atoms with Gasteiger partial charge in [0.05, 0.1) is 0 Å². The third-order valence-corrected chi connectivity index (χ3v) is 3.37. The molecule has 0 bridgehead atoms. The van der Waals surface area contributed by atoms with E-state index in [0.29, 0.717) is 0 Å². The van der Waals surface area contributed by atoms with Crippen LogP contribution in [0.5, 0.6) is 0 Å². The number of nitrogens with zero attached hydrogens (tertiary/aromatic N) is 2. The summed E-state index contributed by atoms with van der Waals surface area (Å²) in [5.74, 6) is 1.05. The molecule has 0 spiro atoms. The number of hydrogen-bond acceptors (Lipinski definition) is 3. The molecule has 3 rings (SSSR count). The van der Waals surface area contributed by atoms with Crippen LogP contribution in [-0.2, 0) is 6.42 Å². The van der Waals surface area contributed by atoms with Crippen molar-refractivity contribution >= 4 is 11.5 Å². The SMILES string of the molecule is CN(C)c1ccc(-c2cnc3c(c2)CCN3)cc1. The van der Waals surface area contributed by atoms with E-state index in [1.54, 1.807) is 0 Å². The number of anilines is 2. The second-order valence-corrected chi connectivity index (χ2v) is 4.85. The molecule has 92 valence electrons. The van der Waals surface area contributed by atoms with Crippen molar-refractivity contribution in [2.45, 2.75) is 6.42 Å². The molecular formula is C15H17N3. The van der Waals surface area contributed by atoms with Gasteiger partial charge >= 0.3 is 0 Å². The van der Waals surface area contributed by atoms with Gasteiger partial charge in [-0.2, -0.15) is 0 Å². The molecule has 1 aromatic carbocycles. The Balaban J connectivity index is 1.95. The zero-order valence-corrected chi connectivity index (χ0v) is 10.8. The van der Waals surface area contributed by atoms with Gasteiger partial charge in [0.1, 0.15) is 5.82 Å². The average molecular weight is 239 g/mol. The average Bonchev–Trinajstić information content (AvgIpc) is 2.86. The van der Waals surface area contributed by atoms with Gasteiger partial charge in [-0.25, -0.2) is 4.98 Å². The van der Waals surface area contributed by atoms with E-state index in [0.717, 1.165) is 18.8 Å². The summed E-state index contributed by atoms with van der Waals surface area (Å²) in [7, 11) is 4.11. The molecular weight excluding hydrogens is 222 g/mol.